The smallest absolute Gasteiger partial charge is 0.336 e. The Morgan fingerprint density at radius 3 is 2.56 bits per heavy atom. The maximum atomic E-state index is 12.1. The van der Waals surface area contributed by atoms with E-state index in [4.69, 9.17) is 16.1 Å². The maximum absolute atomic E-state index is 12.1. The minimum Gasteiger partial charge on any atom is -0.591 e. The Hall–Kier alpha value is -1.83. The Labute approximate surface area is 154 Å². The molecule has 2 rings (SSSR count). The van der Waals surface area contributed by atoms with Gasteiger partial charge in [-0.15, -0.1) is 0 Å². The van der Waals surface area contributed by atoms with Gasteiger partial charge in [0.25, 0.3) is 0 Å². The molecule has 0 bridgehead atoms. The third kappa shape index (κ3) is 4.23. The molecule has 0 saturated heterocycles. The lowest BCUT2D eigenvalue weighted by atomic mass is 9.94. The first-order chi connectivity index (χ1) is 11.5. The number of carbonyl (C=O) groups is 1. The summed E-state index contributed by atoms with van der Waals surface area (Å²) in [6, 6.07) is 3.05. The van der Waals surface area contributed by atoms with Crippen molar-refractivity contribution < 1.29 is 19.0 Å². The van der Waals surface area contributed by atoms with E-state index < -0.39 is 22.1 Å². The topological polar surface area (TPSA) is 98.8 Å². The number of aryl methyl sites for hydroxylation is 2. The highest BCUT2D eigenvalue weighted by atomic mass is 35.5. The summed E-state index contributed by atoms with van der Waals surface area (Å²) < 4.78 is 20.9. The van der Waals surface area contributed by atoms with Crippen LogP contribution in [0, 0.1) is 13.8 Å². The van der Waals surface area contributed by atoms with Crippen LogP contribution in [0.5, 0.6) is 0 Å². The van der Waals surface area contributed by atoms with Crippen molar-refractivity contribution in [2.24, 2.45) is 4.40 Å². The van der Waals surface area contributed by atoms with Crippen molar-refractivity contribution in [1.29, 1.82) is 0 Å². The molecule has 134 valence electrons. The van der Waals surface area contributed by atoms with Crippen molar-refractivity contribution in [1.82, 2.24) is 5.16 Å². The van der Waals surface area contributed by atoms with Crippen LogP contribution in [-0.2, 0) is 11.4 Å². The predicted octanol–water partition coefficient (Wildman–Crippen LogP) is 4.19. The highest BCUT2D eigenvalue weighted by Gasteiger charge is 2.27. The molecule has 2 aromatic rings. The standard InChI is InChI=1S/C17H19ClN2O4S/c1-9-6-11(18)7-12(16(21)22)14(9)15-10(2)20-24-13(15)8-19-25(23)17(3,4)5/h6-8H,1-5H3,(H,21,22)/b19-8+/t25-/m0/s1. The van der Waals surface area contributed by atoms with Gasteiger partial charge in [-0.2, -0.15) is 0 Å². The minimum absolute atomic E-state index is 0.0443. The molecule has 0 aliphatic heterocycles. The van der Waals surface area contributed by atoms with Crippen LogP contribution in [0.25, 0.3) is 11.1 Å². The van der Waals surface area contributed by atoms with Gasteiger partial charge in [-0.1, -0.05) is 21.2 Å². The second kappa shape index (κ2) is 7.19. The van der Waals surface area contributed by atoms with Gasteiger partial charge < -0.3 is 14.2 Å². The first-order valence-corrected chi connectivity index (χ1v) is 8.97. The number of aromatic nitrogens is 1. The molecule has 8 heteroatoms. The largest absolute Gasteiger partial charge is 0.591 e. The predicted molar refractivity (Wildman–Crippen MR) is 98.9 cm³/mol. The molecule has 0 spiro atoms. The first kappa shape index (κ1) is 19.5. The molecule has 1 N–H and O–H groups in total. The summed E-state index contributed by atoms with van der Waals surface area (Å²) >= 11 is 4.52. The van der Waals surface area contributed by atoms with E-state index in [1.807, 2.05) is 0 Å². The van der Waals surface area contributed by atoms with Crippen LogP contribution in [-0.4, -0.2) is 31.7 Å². The Balaban J connectivity index is 2.62. The number of benzene rings is 1. The maximum Gasteiger partial charge on any atom is 0.336 e. The van der Waals surface area contributed by atoms with Gasteiger partial charge in [0.2, 0.25) is 0 Å². The van der Waals surface area contributed by atoms with E-state index in [0.717, 1.165) is 0 Å². The van der Waals surface area contributed by atoms with Gasteiger partial charge >= 0.3 is 5.97 Å². The van der Waals surface area contributed by atoms with Gasteiger partial charge in [-0.25, -0.2) is 4.79 Å². The Morgan fingerprint density at radius 2 is 2.00 bits per heavy atom. The fraction of sp³-hybridized carbons (Fsp3) is 0.353. The van der Waals surface area contributed by atoms with Crippen molar-refractivity contribution in [2.75, 3.05) is 0 Å². The van der Waals surface area contributed by atoms with Gasteiger partial charge in [0, 0.05) is 10.6 Å². The number of hydrogen-bond acceptors (Lipinski definition) is 5. The molecule has 1 heterocycles. The molecular formula is C17H19ClN2O4S. The fourth-order valence-electron chi connectivity index (χ4n) is 2.28. The van der Waals surface area contributed by atoms with E-state index in [1.165, 1.54) is 12.3 Å². The summed E-state index contributed by atoms with van der Waals surface area (Å²) in [5, 5.41) is 13.8. The molecule has 1 atom stereocenters. The average molecular weight is 383 g/mol. The summed E-state index contributed by atoms with van der Waals surface area (Å²) in [7, 11) is 0. The highest BCUT2D eigenvalue weighted by molar-refractivity contribution is 7.91. The lowest BCUT2D eigenvalue weighted by Crippen LogP contribution is -2.25. The van der Waals surface area contributed by atoms with Gasteiger partial charge in [0.15, 0.2) is 5.76 Å². The first-order valence-electron chi connectivity index (χ1n) is 7.48. The van der Waals surface area contributed by atoms with E-state index in [2.05, 4.69) is 9.55 Å². The second-order valence-corrected chi connectivity index (χ2v) is 8.92. The van der Waals surface area contributed by atoms with Crippen LogP contribution in [0.15, 0.2) is 21.1 Å². The van der Waals surface area contributed by atoms with Crippen molar-refractivity contribution >= 4 is 35.1 Å². The van der Waals surface area contributed by atoms with Crippen molar-refractivity contribution in [2.45, 2.75) is 39.4 Å². The minimum atomic E-state index is -1.47. The van der Waals surface area contributed by atoms with Crippen LogP contribution < -0.4 is 0 Å². The highest BCUT2D eigenvalue weighted by Crippen LogP contribution is 2.34. The molecule has 0 aliphatic carbocycles. The third-order valence-electron chi connectivity index (χ3n) is 3.46. The summed E-state index contributed by atoms with van der Waals surface area (Å²) in [6.07, 6.45) is 1.33. The summed E-state index contributed by atoms with van der Waals surface area (Å²) in [5.74, 6) is -0.856. The molecular weight excluding hydrogens is 364 g/mol. The third-order valence-corrected chi connectivity index (χ3v) is 5.02. The molecule has 0 aliphatic rings. The molecule has 0 radical (unpaired) electrons. The van der Waals surface area contributed by atoms with Gasteiger partial charge in [0.05, 0.1) is 16.8 Å². The molecule has 1 aromatic carbocycles. The monoisotopic (exact) mass is 382 g/mol. The molecule has 1 aromatic heterocycles. The van der Waals surface area contributed by atoms with Crippen LogP contribution in [0.4, 0.5) is 0 Å². The Bertz CT molecular complexity index is 840. The van der Waals surface area contributed by atoms with E-state index in [0.29, 0.717) is 27.4 Å². The number of aromatic carboxylic acids is 1. The van der Waals surface area contributed by atoms with E-state index in [9.17, 15) is 14.5 Å². The number of carboxylic acid groups (broad SMARTS) is 1. The normalized spacial score (nSPS) is 13.4. The molecule has 0 fully saturated rings. The van der Waals surface area contributed by atoms with Crippen LogP contribution in [0.3, 0.4) is 0 Å². The fourth-order valence-corrected chi connectivity index (χ4v) is 3.06. The number of halogens is 1. The van der Waals surface area contributed by atoms with Crippen LogP contribution in [0.2, 0.25) is 5.02 Å². The van der Waals surface area contributed by atoms with Gasteiger partial charge in [0.1, 0.15) is 22.3 Å². The Kier molecular flexibility index (Phi) is 5.61. The number of rotatable bonds is 4. The molecule has 0 unspecified atom stereocenters. The van der Waals surface area contributed by atoms with E-state index in [-0.39, 0.29) is 11.3 Å². The molecule has 6 nitrogen and oxygen atoms in total. The lowest BCUT2D eigenvalue weighted by molar-refractivity contribution is 0.0697. The number of nitrogens with zero attached hydrogens (tertiary/aromatic N) is 2. The zero-order chi connectivity index (χ0) is 18.9. The SMILES string of the molecule is Cc1cc(Cl)cc(C(=O)O)c1-c1c(C)noc1/C=N/[S@@+]([O-])C(C)(C)C. The number of hydrogen-bond donors (Lipinski definition) is 1. The summed E-state index contributed by atoms with van der Waals surface area (Å²) in [4.78, 5) is 11.6. The van der Waals surface area contributed by atoms with Crippen molar-refractivity contribution in [3.63, 3.8) is 0 Å². The summed E-state index contributed by atoms with van der Waals surface area (Å²) in [6.45, 7) is 8.88. The summed E-state index contributed by atoms with van der Waals surface area (Å²) in [5.41, 5.74) is 2.18. The van der Waals surface area contributed by atoms with Gasteiger partial charge in [-0.3, -0.25) is 0 Å². The number of carboxylic acids is 1. The van der Waals surface area contributed by atoms with Crippen molar-refractivity contribution in [3.8, 4) is 11.1 Å². The van der Waals surface area contributed by atoms with Crippen molar-refractivity contribution in [3.05, 3.63) is 39.7 Å². The van der Waals surface area contributed by atoms with Crippen LogP contribution >= 0.6 is 11.6 Å². The zero-order valence-corrected chi connectivity index (χ0v) is 16.2. The zero-order valence-electron chi connectivity index (χ0n) is 14.6. The average Bonchev–Trinajstić information content (AvgIpc) is 2.84. The van der Waals surface area contributed by atoms with E-state index >= 15 is 0 Å². The lowest BCUT2D eigenvalue weighted by Gasteiger charge is -2.17. The van der Waals surface area contributed by atoms with E-state index in [1.54, 1.807) is 40.7 Å². The molecule has 25 heavy (non-hydrogen) atoms. The molecule has 0 saturated carbocycles. The second-order valence-electron chi connectivity index (χ2n) is 6.55. The quantitative estimate of drug-likeness (QED) is 0.631. The molecule has 0 amide bonds. The van der Waals surface area contributed by atoms with Gasteiger partial charge in [-0.05, 0) is 52.3 Å². The Morgan fingerprint density at radius 1 is 1.36 bits per heavy atom. The van der Waals surface area contributed by atoms with Crippen LogP contribution in [0.1, 0.15) is 48.1 Å².